The summed E-state index contributed by atoms with van der Waals surface area (Å²) in [6.07, 6.45) is 21.1. The van der Waals surface area contributed by atoms with Crippen molar-refractivity contribution in [2.45, 2.75) is 109 Å². The van der Waals surface area contributed by atoms with E-state index in [2.05, 4.69) is 26.0 Å². The number of hydrogen-bond donors (Lipinski definition) is 0. The molecule has 2 aliphatic rings. The van der Waals surface area contributed by atoms with Crippen molar-refractivity contribution in [1.29, 1.82) is 0 Å². The first-order chi connectivity index (χ1) is 10.3. The third kappa shape index (κ3) is 6.97. The molecule has 2 rings (SSSR count). The van der Waals surface area contributed by atoms with Crippen molar-refractivity contribution in [2.24, 2.45) is 0 Å². The Morgan fingerprint density at radius 3 is 1.86 bits per heavy atom. The highest BCUT2D eigenvalue weighted by Gasteiger charge is 2.37. The normalized spacial score (nSPS) is 31.0. The molecule has 2 nitrogen and oxygen atoms in total. The molecule has 0 radical (unpaired) electrons. The van der Waals surface area contributed by atoms with E-state index in [1.807, 2.05) is 0 Å². The zero-order chi connectivity index (χ0) is 14.9. The number of rotatable bonds is 13. The lowest BCUT2D eigenvalue weighted by Gasteiger charge is -1.99. The van der Waals surface area contributed by atoms with Gasteiger partial charge in [0.25, 0.3) is 0 Å². The van der Waals surface area contributed by atoms with Gasteiger partial charge in [-0.1, -0.05) is 70.9 Å². The number of epoxide rings is 2. The molecule has 2 heterocycles. The van der Waals surface area contributed by atoms with E-state index in [-0.39, 0.29) is 0 Å². The lowest BCUT2D eigenvalue weighted by Crippen LogP contribution is -1.93. The maximum atomic E-state index is 5.74. The van der Waals surface area contributed by atoms with Crippen molar-refractivity contribution in [1.82, 2.24) is 0 Å². The van der Waals surface area contributed by atoms with E-state index in [1.54, 1.807) is 0 Å². The molecule has 0 aliphatic carbocycles. The largest absolute Gasteiger partial charge is 0.369 e. The Balaban J connectivity index is 1.36. The van der Waals surface area contributed by atoms with Gasteiger partial charge in [-0.3, -0.25) is 0 Å². The number of hydrogen-bond acceptors (Lipinski definition) is 2. The molecule has 2 fully saturated rings. The van der Waals surface area contributed by atoms with Gasteiger partial charge in [0.2, 0.25) is 0 Å². The van der Waals surface area contributed by atoms with Crippen LogP contribution in [0.3, 0.4) is 0 Å². The molecular weight excluding hydrogens is 260 g/mol. The van der Waals surface area contributed by atoms with Gasteiger partial charge in [-0.15, -0.1) is 0 Å². The van der Waals surface area contributed by atoms with Crippen LogP contribution in [0.25, 0.3) is 0 Å². The van der Waals surface area contributed by atoms with Crippen LogP contribution in [-0.2, 0) is 9.47 Å². The van der Waals surface area contributed by atoms with Crippen molar-refractivity contribution >= 4 is 0 Å². The Hall–Kier alpha value is -0.340. The fraction of sp³-hybridized carbons (Fsp3) is 0.895. The van der Waals surface area contributed by atoms with Gasteiger partial charge in [0, 0.05) is 0 Å². The average molecular weight is 294 g/mol. The summed E-state index contributed by atoms with van der Waals surface area (Å²) in [5.74, 6) is 0. The summed E-state index contributed by atoms with van der Waals surface area (Å²) in [6.45, 7) is 4.47. The van der Waals surface area contributed by atoms with Crippen LogP contribution in [-0.4, -0.2) is 24.4 Å². The van der Waals surface area contributed by atoms with E-state index >= 15 is 0 Å². The Bertz CT molecular complexity index is 300. The predicted octanol–water partition coefficient (Wildman–Crippen LogP) is 5.41. The molecule has 122 valence electrons. The van der Waals surface area contributed by atoms with Crippen LogP contribution in [0, 0.1) is 0 Å². The molecule has 2 aliphatic heterocycles. The van der Waals surface area contributed by atoms with Gasteiger partial charge in [-0.25, -0.2) is 0 Å². The summed E-state index contributed by atoms with van der Waals surface area (Å²) in [5.41, 5.74) is 0. The van der Waals surface area contributed by atoms with Crippen molar-refractivity contribution in [3.8, 4) is 0 Å². The van der Waals surface area contributed by atoms with E-state index < -0.39 is 0 Å². The quantitative estimate of drug-likeness (QED) is 0.258. The Kier molecular flexibility index (Phi) is 7.81. The maximum Gasteiger partial charge on any atom is 0.0876 e. The molecule has 2 saturated heterocycles. The molecule has 0 aromatic carbocycles. The minimum absolute atomic E-state index is 0.509. The fourth-order valence-electron chi connectivity index (χ4n) is 3.15. The van der Waals surface area contributed by atoms with Crippen molar-refractivity contribution < 1.29 is 9.47 Å². The standard InChI is InChI=1S/C19H34O2/c1-3-5-6-7-8-9-10-13-18-19(21-18)15-12-11-14-17-16(4-2)20-17/h11-12,16-19H,3-10,13-15H2,1-2H3/b12-11-. The summed E-state index contributed by atoms with van der Waals surface area (Å²) in [6, 6.07) is 0. The minimum Gasteiger partial charge on any atom is -0.369 e. The molecule has 0 amide bonds. The first-order valence-electron chi connectivity index (χ1n) is 9.31. The molecule has 0 aromatic rings. The summed E-state index contributed by atoms with van der Waals surface area (Å²) < 4.78 is 11.3. The van der Waals surface area contributed by atoms with Crippen LogP contribution in [0.4, 0.5) is 0 Å². The molecule has 0 aromatic heterocycles. The van der Waals surface area contributed by atoms with Crippen molar-refractivity contribution in [2.75, 3.05) is 0 Å². The topological polar surface area (TPSA) is 25.1 Å². The van der Waals surface area contributed by atoms with Crippen LogP contribution < -0.4 is 0 Å². The van der Waals surface area contributed by atoms with Gasteiger partial charge in [-0.05, 0) is 25.7 Å². The zero-order valence-electron chi connectivity index (χ0n) is 14.1. The second kappa shape index (κ2) is 9.63. The van der Waals surface area contributed by atoms with E-state index in [0.29, 0.717) is 24.4 Å². The summed E-state index contributed by atoms with van der Waals surface area (Å²) in [5, 5.41) is 0. The highest BCUT2D eigenvalue weighted by atomic mass is 16.6. The fourth-order valence-corrected chi connectivity index (χ4v) is 3.15. The van der Waals surface area contributed by atoms with Gasteiger partial charge in [0.1, 0.15) is 0 Å². The molecule has 0 spiro atoms. The van der Waals surface area contributed by atoms with Crippen LogP contribution in [0.1, 0.15) is 84.5 Å². The average Bonchev–Trinajstić information content (AvgIpc) is 3.39. The van der Waals surface area contributed by atoms with Gasteiger partial charge in [0.15, 0.2) is 0 Å². The van der Waals surface area contributed by atoms with Gasteiger partial charge < -0.3 is 9.47 Å². The molecule has 2 heteroatoms. The summed E-state index contributed by atoms with van der Waals surface area (Å²) in [4.78, 5) is 0. The lowest BCUT2D eigenvalue weighted by atomic mass is 10.1. The van der Waals surface area contributed by atoms with Gasteiger partial charge in [-0.2, -0.15) is 0 Å². The maximum absolute atomic E-state index is 5.74. The predicted molar refractivity (Wildman–Crippen MR) is 88.6 cm³/mol. The highest BCUT2D eigenvalue weighted by molar-refractivity contribution is 4.97. The molecule has 0 bridgehead atoms. The zero-order valence-corrected chi connectivity index (χ0v) is 14.1. The Morgan fingerprint density at radius 1 is 0.667 bits per heavy atom. The first kappa shape index (κ1) is 17.0. The number of unbranched alkanes of at least 4 members (excludes halogenated alkanes) is 6. The van der Waals surface area contributed by atoms with Crippen LogP contribution in [0.2, 0.25) is 0 Å². The van der Waals surface area contributed by atoms with Crippen LogP contribution in [0.5, 0.6) is 0 Å². The Morgan fingerprint density at radius 2 is 1.24 bits per heavy atom. The first-order valence-corrected chi connectivity index (χ1v) is 9.31. The van der Waals surface area contributed by atoms with E-state index in [0.717, 1.165) is 19.3 Å². The molecule has 4 atom stereocenters. The summed E-state index contributed by atoms with van der Waals surface area (Å²) >= 11 is 0. The van der Waals surface area contributed by atoms with E-state index in [4.69, 9.17) is 9.47 Å². The molecule has 4 unspecified atom stereocenters. The van der Waals surface area contributed by atoms with Gasteiger partial charge in [0.05, 0.1) is 24.4 Å². The van der Waals surface area contributed by atoms with Crippen LogP contribution in [0.15, 0.2) is 12.2 Å². The molecular formula is C19H34O2. The monoisotopic (exact) mass is 294 g/mol. The Labute approximate surface area is 131 Å². The minimum atomic E-state index is 0.509. The van der Waals surface area contributed by atoms with E-state index in [1.165, 1.54) is 51.4 Å². The molecule has 21 heavy (non-hydrogen) atoms. The SMILES string of the molecule is CCCCCCCCCC1OC1C/C=C\CC1OC1CC. The second-order valence-corrected chi connectivity index (χ2v) is 6.69. The molecule has 0 saturated carbocycles. The van der Waals surface area contributed by atoms with E-state index in [9.17, 15) is 0 Å². The van der Waals surface area contributed by atoms with Crippen LogP contribution >= 0.6 is 0 Å². The highest BCUT2D eigenvalue weighted by Crippen LogP contribution is 2.31. The lowest BCUT2D eigenvalue weighted by molar-refractivity contribution is 0.357. The third-order valence-electron chi connectivity index (χ3n) is 4.77. The third-order valence-corrected chi connectivity index (χ3v) is 4.77. The van der Waals surface area contributed by atoms with Crippen molar-refractivity contribution in [3.05, 3.63) is 12.2 Å². The second-order valence-electron chi connectivity index (χ2n) is 6.69. The van der Waals surface area contributed by atoms with Crippen molar-refractivity contribution in [3.63, 3.8) is 0 Å². The smallest absolute Gasteiger partial charge is 0.0876 e. The molecule has 0 N–H and O–H groups in total. The van der Waals surface area contributed by atoms with Gasteiger partial charge >= 0.3 is 0 Å². The summed E-state index contributed by atoms with van der Waals surface area (Å²) in [7, 11) is 0. The number of ether oxygens (including phenoxy) is 2.